The van der Waals surface area contributed by atoms with Gasteiger partial charge in [-0.05, 0) is 6.92 Å². The molecule has 0 aliphatic rings. The molecular formula is C9H18N2O5S. The Hall–Kier alpha value is -1.15. The van der Waals surface area contributed by atoms with Crippen LogP contribution in [0.4, 0.5) is 0 Å². The number of amides is 1. The van der Waals surface area contributed by atoms with E-state index in [1.54, 1.807) is 13.8 Å². The molecule has 1 atom stereocenters. The SMILES string of the molecule is CCN(CC)S(=O)(=O)CC(=O)N[C@@H](C)C(=O)O. The molecule has 0 fully saturated rings. The predicted molar refractivity (Wildman–Crippen MR) is 61.9 cm³/mol. The summed E-state index contributed by atoms with van der Waals surface area (Å²) in [6, 6.07) is -1.10. The van der Waals surface area contributed by atoms with E-state index in [0.717, 1.165) is 4.31 Å². The van der Waals surface area contributed by atoms with Crippen LogP contribution in [-0.2, 0) is 19.6 Å². The fourth-order valence-electron chi connectivity index (χ4n) is 1.22. The summed E-state index contributed by atoms with van der Waals surface area (Å²) in [5, 5.41) is 10.7. The zero-order valence-electron chi connectivity index (χ0n) is 10.1. The lowest BCUT2D eigenvalue weighted by atomic mass is 10.3. The van der Waals surface area contributed by atoms with Crippen molar-refractivity contribution in [1.29, 1.82) is 0 Å². The quantitative estimate of drug-likeness (QED) is 0.631. The third-order valence-electron chi connectivity index (χ3n) is 2.16. The fraction of sp³-hybridized carbons (Fsp3) is 0.778. The van der Waals surface area contributed by atoms with E-state index in [-0.39, 0.29) is 13.1 Å². The lowest BCUT2D eigenvalue weighted by Gasteiger charge is -2.18. The van der Waals surface area contributed by atoms with Crippen molar-refractivity contribution in [2.75, 3.05) is 18.8 Å². The van der Waals surface area contributed by atoms with Crippen LogP contribution in [0.2, 0.25) is 0 Å². The molecule has 0 aromatic heterocycles. The van der Waals surface area contributed by atoms with E-state index in [0.29, 0.717) is 0 Å². The number of aliphatic carboxylic acids is 1. The van der Waals surface area contributed by atoms with Gasteiger partial charge in [0.05, 0.1) is 0 Å². The van der Waals surface area contributed by atoms with E-state index in [4.69, 9.17) is 5.11 Å². The highest BCUT2D eigenvalue weighted by Crippen LogP contribution is 2.00. The van der Waals surface area contributed by atoms with Crippen LogP contribution < -0.4 is 5.32 Å². The van der Waals surface area contributed by atoms with Crippen LogP contribution in [0.1, 0.15) is 20.8 Å². The summed E-state index contributed by atoms with van der Waals surface area (Å²) < 4.78 is 24.5. The van der Waals surface area contributed by atoms with E-state index in [1.807, 2.05) is 0 Å². The molecule has 0 aliphatic heterocycles. The number of nitrogens with zero attached hydrogens (tertiary/aromatic N) is 1. The topological polar surface area (TPSA) is 104 Å². The van der Waals surface area contributed by atoms with Crippen molar-refractivity contribution in [2.45, 2.75) is 26.8 Å². The maximum absolute atomic E-state index is 11.7. The van der Waals surface area contributed by atoms with Crippen LogP contribution in [-0.4, -0.2) is 54.6 Å². The van der Waals surface area contributed by atoms with E-state index in [2.05, 4.69) is 5.32 Å². The standard InChI is InChI=1S/C9H18N2O5S/c1-4-11(5-2)17(15,16)6-8(12)10-7(3)9(13)14/h7H,4-6H2,1-3H3,(H,10,12)(H,13,14)/t7-/m0/s1. The average molecular weight is 266 g/mol. The molecule has 100 valence electrons. The number of hydrogen-bond donors (Lipinski definition) is 2. The molecule has 0 aromatic rings. The van der Waals surface area contributed by atoms with Crippen molar-refractivity contribution < 1.29 is 23.1 Å². The molecule has 0 saturated carbocycles. The maximum atomic E-state index is 11.7. The number of sulfonamides is 1. The molecule has 0 radical (unpaired) electrons. The monoisotopic (exact) mass is 266 g/mol. The molecule has 17 heavy (non-hydrogen) atoms. The summed E-state index contributed by atoms with van der Waals surface area (Å²) in [5.74, 6) is -2.75. The Morgan fingerprint density at radius 1 is 1.29 bits per heavy atom. The van der Waals surface area contributed by atoms with Crippen molar-refractivity contribution >= 4 is 21.9 Å². The molecule has 7 nitrogen and oxygen atoms in total. The van der Waals surface area contributed by atoms with Crippen LogP contribution in [0.25, 0.3) is 0 Å². The predicted octanol–water partition coefficient (Wildman–Crippen LogP) is -0.753. The lowest BCUT2D eigenvalue weighted by molar-refractivity contribution is -0.140. The zero-order valence-corrected chi connectivity index (χ0v) is 11.0. The number of carbonyl (C=O) groups is 2. The average Bonchev–Trinajstić information content (AvgIpc) is 2.17. The molecule has 0 bridgehead atoms. The molecule has 2 N–H and O–H groups in total. The highest BCUT2D eigenvalue weighted by Gasteiger charge is 2.24. The molecule has 0 aromatic carbocycles. The van der Waals surface area contributed by atoms with Crippen LogP contribution >= 0.6 is 0 Å². The molecular weight excluding hydrogens is 248 g/mol. The molecule has 0 heterocycles. The minimum atomic E-state index is -3.66. The first-order valence-corrected chi connectivity index (χ1v) is 6.85. The van der Waals surface area contributed by atoms with Crippen molar-refractivity contribution in [1.82, 2.24) is 9.62 Å². The second-order valence-electron chi connectivity index (χ2n) is 3.47. The largest absolute Gasteiger partial charge is 0.480 e. The van der Waals surface area contributed by atoms with Crippen molar-refractivity contribution in [3.05, 3.63) is 0 Å². The van der Waals surface area contributed by atoms with Crippen molar-refractivity contribution in [2.24, 2.45) is 0 Å². The molecule has 0 spiro atoms. The van der Waals surface area contributed by atoms with Gasteiger partial charge in [0, 0.05) is 13.1 Å². The van der Waals surface area contributed by atoms with Crippen molar-refractivity contribution in [3.63, 3.8) is 0 Å². The zero-order chi connectivity index (χ0) is 13.6. The Morgan fingerprint density at radius 3 is 2.12 bits per heavy atom. The minimum absolute atomic E-state index is 0.278. The second kappa shape index (κ2) is 6.55. The van der Waals surface area contributed by atoms with Gasteiger partial charge >= 0.3 is 5.97 Å². The first kappa shape index (κ1) is 15.9. The Morgan fingerprint density at radius 2 is 1.76 bits per heavy atom. The van der Waals surface area contributed by atoms with Crippen LogP contribution in [0.3, 0.4) is 0 Å². The van der Waals surface area contributed by atoms with Crippen LogP contribution in [0.15, 0.2) is 0 Å². The Labute approximate surface area is 101 Å². The summed E-state index contributed by atoms with van der Waals surface area (Å²) in [7, 11) is -3.66. The molecule has 8 heteroatoms. The molecule has 0 unspecified atom stereocenters. The summed E-state index contributed by atoms with van der Waals surface area (Å²) >= 11 is 0. The van der Waals surface area contributed by atoms with Gasteiger partial charge in [-0.1, -0.05) is 13.8 Å². The van der Waals surface area contributed by atoms with Gasteiger partial charge in [0.15, 0.2) is 0 Å². The van der Waals surface area contributed by atoms with E-state index in [1.165, 1.54) is 6.92 Å². The number of rotatable bonds is 7. The highest BCUT2D eigenvalue weighted by atomic mass is 32.2. The maximum Gasteiger partial charge on any atom is 0.325 e. The summed E-state index contributed by atoms with van der Waals surface area (Å²) in [6.45, 7) is 5.16. The normalized spacial score (nSPS) is 13.4. The minimum Gasteiger partial charge on any atom is -0.480 e. The van der Waals surface area contributed by atoms with Crippen LogP contribution in [0, 0.1) is 0 Å². The van der Waals surface area contributed by atoms with Crippen molar-refractivity contribution in [3.8, 4) is 0 Å². The Bertz CT molecular complexity index is 375. The number of nitrogens with one attached hydrogen (secondary N) is 1. The second-order valence-corrected chi connectivity index (χ2v) is 5.44. The molecule has 1 amide bonds. The van der Waals surface area contributed by atoms with E-state index < -0.39 is 33.7 Å². The van der Waals surface area contributed by atoms with Crippen LogP contribution in [0.5, 0.6) is 0 Å². The van der Waals surface area contributed by atoms with Gasteiger partial charge in [0.1, 0.15) is 11.8 Å². The summed E-state index contributed by atoms with van der Waals surface area (Å²) in [4.78, 5) is 21.8. The first-order chi connectivity index (χ1) is 7.74. The Kier molecular flexibility index (Phi) is 6.11. The number of carboxylic acids is 1. The van der Waals surface area contributed by atoms with Gasteiger partial charge in [-0.15, -0.1) is 0 Å². The summed E-state index contributed by atoms with van der Waals surface area (Å²) in [6.07, 6.45) is 0. The number of carboxylic acid groups (broad SMARTS) is 1. The van der Waals surface area contributed by atoms with E-state index in [9.17, 15) is 18.0 Å². The molecule has 0 saturated heterocycles. The highest BCUT2D eigenvalue weighted by molar-refractivity contribution is 7.89. The molecule has 0 aliphatic carbocycles. The van der Waals surface area contributed by atoms with Gasteiger partial charge in [0.2, 0.25) is 15.9 Å². The Balaban J connectivity index is 4.53. The number of carbonyl (C=O) groups excluding carboxylic acids is 1. The van der Waals surface area contributed by atoms with E-state index >= 15 is 0 Å². The van der Waals surface area contributed by atoms with Gasteiger partial charge in [-0.3, -0.25) is 9.59 Å². The third kappa shape index (κ3) is 5.14. The van der Waals surface area contributed by atoms with Gasteiger partial charge in [0.25, 0.3) is 0 Å². The fourth-order valence-corrected chi connectivity index (χ4v) is 2.60. The van der Waals surface area contributed by atoms with Gasteiger partial charge in [-0.25, -0.2) is 12.7 Å². The summed E-state index contributed by atoms with van der Waals surface area (Å²) in [5.41, 5.74) is 0. The van der Waals surface area contributed by atoms with Gasteiger partial charge in [-0.2, -0.15) is 0 Å². The first-order valence-electron chi connectivity index (χ1n) is 5.24. The molecule has 0 rings (SSSR count). The lowest BCUT2D eigenvalue weighted by Crippen LogP contribution is -2.44. The third-order valence-corrected chi connectivity index (χ3v) is 4.09. The smallest absolute Gasteiger partial charge is 0.325 e. The van der Waals surface area contributed by atoms with Gasteiger partial charge < -0.3 is 10.4 Å². The number of hydrogen-bond acceptors (Lipinski definition) is 4.